The number of hydrogen-bond acceptors (Lipinski definition) is 7. The summed E-state index contributed by atoms with van der Waals surface area (Å²) in [5.74, 6) is 0.247. The molecule has 2 amide bonds. The highest BCUT2D eigenvalue weighted by molar-refractivity contribution is 7.22. The topological polar surface area (TPSA) is 101 Å². The Morgan fingerprint density at radius 1 is 1.11 bits per heavy atom. The van der Waals surface area contributed by atoms with Crippen molar-refractivity contribution in [2.75, 3.05) is 38.7 Å². The minimum atomic E-state index is -0.302. The molecule has 5 rings (SSSR count). The number of methoxy groups -OCH3 is 1. The van der Waals surface area contributed by atoms with Crippen molar-refractivity contribution in [1.82, 2.24) is 24.8 Å². The van der Waals surface area contributed by atoms with E-state index < -0.39 is 0 Å². The first kappa shape index (κ1) is 23.5. The van der Waals surface area contributed by atoms with Gasteiger partial charge in [0.2, 0.25) is 11.9 Å². The second kappa shape index (κ2) is 10.2. The van der Waals surface area contributed by atoms with Gasteiger partial charge in [0.05, 0.1) is 34.4 Å². The number of aromatic nitrogens is 3. The van der Waals surface area contributed by atoms with Crippen molar-refractivity contribution in [3.8, 4) is 0 Å². The van der Waals surface area contributed by atoms with Crippen molar-refractivity contribution in [1.29, 1.82) is 0 Å². The number of imidazole rings is 1. The van der Waals surface area contributed by atoms with Crippen LogP contribution >= 0.6 is 22.9 Å². The maximum atomic E-state index is 12.7. The van der Waals surface area contributed by atoms with Crippen molar-refractivity contribution in [3.05, 3.63) is 47.0 Å². The number of carbonyl (C=O) groups is 2. The molecule has 11 heteroatoms. The Bertz CT molecular complexity index is 1390. The van der Waals surface area contributed by atoms with Gasteiger partial charge in [0.25, 0.3) is 5.91 Å². The van der Waals surface area contributed by atoms with E-state index in [1.165, 1.54) is 11.3 Å². The number of rotatable bonds is 8. The third-order valence-electron chi connectivity index (χ3n) is 5.96. The maximum absolute atomic E-state index is 12.7. The summed E-state index contributed by atoms with van der Waals surface area (Å²) in [7, 11) is 1.65. The predicted octanol–water partition coefficient (Wildman–Crippen LogP) is 4.04. The molecule has 0 radical (unpaired) electrons. The summed E-state index contributed by atoms with van der Waals surface area (Å²) in [6.45, 7) is 2.58. The van der Waals surface area contributed by atoms with Gasteiger partial charge in [-0.1, -0.05) is 22.9 Å². The van der Waals surface area contributed by atoms with E-state index in [1.807, 2.05) is 28.8 Å². The highest BCUT2D eigenvalue weighted by Crippen LogP contribution is 2.31. The second-order valence-electron chi connectivity index (χ2n) is 8.31. The molecule has 3 heterocycles. The fraction of sp³-hybridized carbons (Fsp3) is 0.333. The summed E-state index contributed by atoms with van der Waals surface area (Å²) in [5, 5.41) is 7.40. The van der Waals surface area contributed by atoms with Crippen LogP contribution in [0.4, 0.5) is 11.1 Å². The number of nitrogens with zero attached hydrogens (tertiary/aromatic N) is 4. The van der Waals surface area contributed by atoms with E-state index in [0.717, 1.165) is 41.7 Å². The van der Waals surface area contributed by atoms with Crippen LogP contribution in [-0.2, 0) is 16.1 Å². The molecule has 0 saturated carbocycles. The molecular formula is C24H25ClN6O3S. The first-order valence-corrected chi connectivity index (χ1v) is 12.6. The van der Waals surface area contributed by atoms with E-state index in [4.69, 9.17) is 21.3 Å². The third kappa shape index (κ3) is 5.09. The Morgan fingerprint density at radius 3 is 2.74 bits per heavy atom. The molecular weight excluding hydrogens is 488 g/mol. The number of likely N-dealkylation sites (tertiary alicyclic amines) is 1. The number of carbonyl (C=O) groups excluding carboxylic acids is 2. The maximum Gasteiger partial charge on any atom is 0.251 e. The SMILES string of the molecule is COCCn1c(Nc2nc3ccc(Cl)cc3s2)nc2cc(C(=O)NCC(=O)N3CCCC3)ccc21. The van der Waals surface area contributed by atoms with Gasteiger partial charge < -0.3 is 24.8 Å². The molecule has 1 aliphatic rings. The average molecular weight is 513 g/mol. The van der Waals surface area contributed by atoms with Crippen LogP contribution in [0.2, 0.25) is 5.02 Å². The monoisotopic (exact) mass is 512 g/mol. The minimum absolute atomic E-state index is 0.00637. The molecule has 35 heavy (non-hydrogen) atoms. The quantitative estimate of drug-likeness (QED) is 0.369. The molecule has 1 fully saturated rings. The van der Waals surface area contributed by atoms with Crippen LogP contribution in [0.15, 0.2) is 36.4 Å². The Balaban J connectivity index is 1.38. The minimum Gasteiger partial charge on any atom is -0.383 e. The molecule has 2 aromatic carbocycles. The molecule has 0 atom stereocenters. The number of fused-ring (bicyclic) bond motifs is 2. The molecule has 1 aliphatic heterocycles. The summed E-state index contributed by atoms with van der Waals surface area (Å²) in [6.07, 6.45) is 2.03. The normalized spacial score (nSPS) is 13.6. The van der Waals surface area contributed by atoms with Gasteiger partial charge in [-0.05, 0) is 49.2 Å². The van der Waals surface area contributed by atoms with E-state index >= 15 is 0 Å². The zero-order chi connectivity index (χ0) is 24.4. The summed E-state index contributed by atoms with van der Waals surface area (Å²) in [5.41, 5.74) is 2.82. The number of benzene rings is 2. The predicted molar refractivity (Wildman–Crippen MR) is 138 cm³/mol. The second-order valence-corrected chi connectivity index (χ2v) is 9.78. The number of thiazole rings is 1. The standard InChI is InChI=1S/C24H25ClN6O3S/c1-34-11-10-31-19-7-4-15(22(33)26-14-21(32)30-8-2-3-9-30)12-18(19)27-23(31)29-24-28-17-6-5-16(25)13-20(17)35-24/h4-7,12-13H,2-3,8-11,14H2,1H3,(H,26,33)(H,27,28,29). The van der Waals surface area contributed by atoms with Crippen LogP contribution in [0.1, 0.15) is 23.2 Å². The van der Waals surface area contributed by atoms with Gasteiger partial charge in [-0.25, -0.2) is 9.97 Å². The van der Waals surface area contributed by atoms with Gasteiger partial charge in [0, 0.05) is 37.3 Å². The van der Waals surface area contributed by atoms with Crippen LogP contribution in [0, 0.1) is 0 Å². The largest absolute Gasteiger partial charge is 0.383 e. The zero-order valence-electron chi connectivity index (χ0n) is 19.2. The number of nitrogens with one attached hydrogen (secondary N) is 2. The van der Waals surface area contributed by atoms with Crippen molar-refractivity contribution in [2.24, 2.45) is 0 Å². The Kier molecular flexibility index (Phi) is 6.85. The van der Waals surface area contributed by atoms with Crippen molar-refractivity contribution >= 4 is 67.1 Å². The van der Waals surface area contributed by atoms with E-state index in [1.54, 1.807) is 24.1 Å². The molecule has 182 valence electrons. The Morgan fingerprint density at radius 2 is 1.94 bits per heavy atom. The molecule has 1 saturated heterocycles. The number of halogens is 1. The van der Waals surface area contributed by atoms with Gasteiger partial charge in [0.15, 0.2) is 5.13 Å². The Labute approximate surface area is 211 Å². The van der Waals surface area contributed by atoms with E-state index in [0.29, 0.717) is 40.3 Å². The fourth-order valence-electron chi connectivity index (χ4n) is 4.16. The molecule has 9 nitrogen and oxygen atoms in total. The third-order valence-corrected chi connectivity index (χ3v) is 7.13. The molecule has 0 bridgehead atoms. The van der Waals surface area contributed by atoms with Crippen LogP contribution in [0.5, 0.6) is 0 Å². The first-order valence-electron chi connectivity index (χ1n) is 11.4. The number of hydrogen-bond donors (Lipinski definition) is 2. The molecule has 4 aromatic rings. The van der Waals surface area contributed by atoms with Gasteiger partial charge in [-0.15, -0.1) is 0 Å². The highest BCUT2D eigenvalue weighted by Gasteiger charge is 2.19. The number of anilines is 2. The smallest absolute Gasteiger partial charge is 0.251 e. The van der Waals surface area contributed by atoms with Crippen LogP contribution < -0.4 is 10.6 Å². The molecule has 2 N–H and O–H groups in total. The molecule has 0 aliphatic carbocycles. The highest BCUT2D eigenvalue weighted by atomic mass is 35.5. The Hall–Kier alpha value is -3.21. The molecule has 0 spiro atoms. The summed E-state index contributed by atoms with van der Waals surface area (Å²) in [4.78, 5) is 36.1. The van der Waals surface area contributed by atoms with Crippen molar-refractivity contribution < 1.29 is 14.3 Å². The average Bonchev–Trinajstić information content (AvgIpc) is 3.59. The lowest BCUT2D eigenvalue weighted by Gasteiger charge is -2.15. The van der Waals surface area contributed by atoms with Crippen LogP contribution in [-0.4, -0.2) is 64.6 Å². The summed E-state index contributed by atoms with van der Waals surface area (Å²) in [6, 6.07) is 10.9. The van der Waals surface area contributed by atoms with Gasteiger partial charge >= 0.3 is 0 Å². The first-order chi connectivity index (χ1) is 17.0. The van der Waals surface area contributed by atoms with Crippen molar-refractivity contribution in [2.45, 2.75) is 19.4 Å². The van der Waals surface area contributed by atoms with Gasteiger partial charge in [-0.2, -0.15) is 0 Å². The lowest BCUT2D eigenvalue weighted by atomic mass is 10.2. The van der Waals surface area contributed by atoms with E-state index in [-0.39, 0.29) is 18.4 Å². The summed E-state index contributed by atoms with van der Waals surface area (Å²) >= 11 is 7.60. The summed E-state index contributed by atoms with van der Waals surface area (Å²) < 4.78 is 8.26. The van der Waals surface area contributed by atoms with Crippen LogP contribution in [0.25, 0.3) is 21.3 Å². The van der Waals surface area contributed by atoms with Gasteiger partial charge in [0.1, 0.15) is 0 Å². The van der Waals surface area contributed by atoms with Crippen LogP contribution in [0.3, 0.4) is 0 Å². The zero-order valence-corrected chi connectivity index (χ0v) is 20.8. The molecule has 0 unspecified atom stereocenters. The fourth-order valence-corrected chi connectivity index (χ4v) is 5.29. The van der Waals surface area contributed by atoms with Crippen molar-refractivity contribution in [3.63, 3.8) is 0 Å². The number of ether oxygens (including phenoxy) is 1. The molecule has 2 aromatic heterocycles. The lowest BCUT2D eigenvalue weighted by Crippen LogP contribution is -2.38. The van der Waals surface area contributed by atoms with E-state index in [2.05, 4.69) is 15.6 Å². The van der Waals surface area contributed by atoms with E-state index in [9.17, 15) is 9.59 Å². The number of amides is 2. The lowest BCUT2D eigenvalue weighted by molar-refractivity contribution is -0.129. The van der Waals surface area contributed by atoms with Gasteiger partial charge in [-0.3, -0.25) is 9.59 Å².